The van der Waals surface area contributed by atoms with Crippen LogP contribution < -0.4 is 5.73 Å². The van der Waals surface area contributed by atoms with Crippen LogP contribution >= 0.6 is 11.6 Å². The molecule has 0 unspecified atom stereocenters. The standard InChI is InChI=1S/C12H17ClN4O3S/c13-10-2-1-3-11(8-10)21(19,20)17-6-4-16(5-7-17)9-12(14)15-18/h1-3,8,18H,4-7,9H2,(H2,14,15). The van der Waals surface area contributed by atoms with Crippen LogP contribution in [0.15, 0.2) is 34.3 Å². The van der Waals surface area contributed by atoms with Crippen LogP contribution in [0.1, 0.15) is 0 Å². The summed E-state index contributed by atoms with van der Waals surface area (Å²) in [5.41, 5.74) is 5.44. The molecular formula is C12H17ClN4O3S. The lowest BCUT2D eigenvalue weighted by Crippen LogP contribution is -2.50. The highest BCUT2D eigenvalue weighted by atomic mass is 35.5. The SMILES string of the molecule is NC(CN1CCN(S(=O)(=O)c2cccc(Cl)c2)CC1)=NO. The Bertz CT molecular complexity index is 627. The van der Waals surface area contributed by atoms with Crippen molar-refractivity contribution in [3.05, 3.63) is 29.3 Å². The molecule has 7 nitrogen and oxygen atoms in total. The molecule has 1 fully saturated rings. The largest absolute Gasteiger partial charge is 0.409 e. The molecule has 0 radical (unpaired) electrons. The Morgan fingerprint density at radius 3 is 2.57 bits per heavy atom. The van der Waals surface area contributed by atoms with Crippen molar-refractivity contribution in [1.82, 2.24) is 9.21 Å². The zero-order valence-electron chi connectivity index (χ0n) is 11.3. The minimum atomic E-state index is -3.53. The van der Waals surface area contributed by atoms with Gasteiger partial charge in [-0.2, -0.15) is 4.31 Å². The second kappa shape index (κ2) is 6.61. The van der Waals surface area contributed by atoms with E-state index in [1.54, 1.807) is 12.1 Å². The zero-order chi connectivity index (χ0) is 15.5. The maximum Gasteiger partial charge on any atom is 0.243 e. The number of hydrogen-bond donors (Lipinski definition) is 2. The van der Waals surface area contributed by atoms with Gasteiger partial charge in [0.2, 0.25) is 10.0 Å². The third kappa shape index (κ3) is 3.85. The third-order valence-electron chi connectivity index (χ3n) is 3.28. The summed E-state index contributed by atoms with van der Waals surface area (Å²) in [5.74, 6) is 0.112. The van der Waals surface area contributed by atoms with Gasteiger partial charge >= 0.3 is 0 Å². The first kappa shape index (κ1) is 16.0. The average Bonchev–Trinajstić information content (AvgIpc) is 2.47. The number of piperazine rings is 1. The van der Waals surface area contributed by atoms with Crippen LogP contribution in [0, 0.1) is 0 Å². The van der Waals surface area contributed by atoms with Gasteiger partial charge in [0.15, 0.2) is 5.84 Å². The first-order chi connectivity index (χ1) is 9.93. The first-order valence-electron chi connectivity index (χ1n) is 6.38. The molecule has 1 aromatic rings. The first-order valence-corrected chi connectivity index (χ1v) is 8.20. The van der Waals surface area contributed by atoms with Gasteiger partial charge in [-0.25, -0.2) is 8.42 Å². The number of sulfonamides is 1. The fourth-order valence-electron chi connectivity index (χ4n) is 2.17. The lowest BCUT2D eigenvalue weighted by molar-refractivity contribution is 0.206. The number of oxime groups is 1. The summed E-state index contributed by atoms with van der Waals surface area (Å²) < 4.78 is 26.4. The highest BCUT2D eigenvalue weighted by Gasteiger charge is 2.28. The third-order valence-corrected chi connectivity index (χ3v) is 5.41. The van der Waals surface area contributed by atoms with Crippen LogP contribution in [0.4, 0.5) is 0 Å². The number of amidine groups is 1. The topological polar surface area (TPSA) is 99.2 Å². The van der Waals surface area contributed by atoms with Crippen molar-refractivity contribution < 1.29 is 13.6 Å². The van der Waals surface area contributed by atoms with E-state index in [0.29, 0.717) is 37.7 Å². The molecule has 0 amide bonds. The van der Waals surface area contributed by atoms with Gasteiger partial charge in [0.1, 0.15) is 0 Å². The number of halogens is 1. The minimum absolute atomic E-state index is 0.112. The van der Waals surface area contributed by atoms with Gasteiger partial charge in [-0.1, -0.05) is 22.8 Å². The molecule has 1 aliphatic heterocycles. The Morgan fingerprint density at radius 2 is 2.00 bits per heavy atom. The second-order valence-corrected chi connectivity index (χ2v) is 7.10. The molecule has 2 rings (SSSR count). The molecule has 1 aromatic carbocycles. The lowest BCUT2D eigenvalue weighted by Gasteiger charge is -2.33. The van der Waals surface area contributed by atoms with Crippen molar-refractivity contribution in [2.45, 2.75) is 4.90 Å². The molecule has 3 N–H and O–H groups in total. The molecule has 0 saturated carbocycles. The molecule has 21 heavy (non-hydrogen) atoms. The van der Waals surface area contributed by atoms with Crippen molar-refractivity contribution >= 4 is 27.5 Å². The normalized spacial score (nSPS) is 18.8. The Balaban J connectivity index is 2.04. The van der Waals surface area contributed by atoms with Crippen LogP contribution in [0.2, 0.25) is 5.02 Å². The number of hydrogen-bond acceptors (Lipinski definition) is 5. The van der Waals surface area contributed by atoms with Crippen molar-refractivity contribution in [3.8, 4) is 0 Å². The molecule has 0 aromatic heterocycles. The highest BCUT2D eigenvalue weighted by Crippen LogP contribution is 2.20. The summed E-state index contributed by atoms with van der Waals surface area (Å²) in [6, 6.07) is 6.23. The summed E-state index contributed by atoms with van der Waals surface area (Å²) in [5, 5.41) is 11.8. The Kier molecular flexibility index (Phi) is 5.04. The van der Waals surface area contributed by atoms with Crippen LogP contribution in [0.25, 0.3) is 0 Å². The van der Waals surface area contributed by atoms with Gasteiger partial charge in [0.25, 0.3) is 0 Å². The van der Waals surface area contributed by atoms with E-state index in [-0.39, 0.29) is 10.7 Å². The van der Waals surface area contributed by atoms with Crippen molar-refractivity contribution in [2.75, 3.05) is 32.7 Å². The van der Waals surface area contributed by atoms with Gasteiger partial charge < -0.3 is 10.9 Å². The predicted octanol–water partition coefficient (Wildman–Crippen LogP) is 0.393. The van der Waals surface area contributed by atoms with Crippen LogP contribution in [0.5, 0.6) is 0 Å². The minimum Gasteiger partial charge on any atom is -0.409 e. The molecule has 1 heterocycles. The maximum atomic E-state index is 12.5. The fourth-order valence-corrected chi connectivity index (χ4v) is 3.89. The Labute approximate surface area is 128 Å². The molecule has 9 heteroatoms. The van der Waals surface area contributed by atoms with E-state index >= 15 is 0 Å². The molecule has 0 spiro atoms. The Morgan fingerprint density at radius 1 is 1.33 bits per heavy atom. The molecule has 0 atom stereocenters. The monoisotopic (exact) mass is 332 g/mol. The van der Waals surface area contributed by atoms with Crippen LogP contribution in [-0.4, -0.2) is 61.4 Å². The van der Waals surface area contributed by atoms with Gasteiger partial charge in [-0.3, -0.25) is 4.90 Å². The summed E-state index contributed by atoms with van der Waals surface area (Å²) >= 11 is 5.84. The van der Waals surface area contributed by atoms with E-state index in [9.17, 15) is 8.42 Å². The van der Waals surface area contributed by atoms with E-state index in [2.05, 4.69) is 5.16 Å². The quantitative estimate of drug-likeness (QED) is 0.360. The van der Waals surface area contributed by atoms with E-state index in [1.165, 1.54) is 16.4 Å². The lowest BCUT2D eigenvalue weighted by atomic mass is 10.3. The predicted molar refractivity (Wildman–Crippen MR) is 80.1 cm³/mol. The molecule has 0 bridgehead atoms. The van der Waals surface area contributed by atoms with Gasteiger partial charge in [0.05, 0.1) is 11.4 Å². The van der Waals surface area contributed by atoms with Gasteiger partial charge in [-0.15, -0.1) is 0 Å². The number of nitrogens with two attached hydrogens (primary N) is 1. The maximum absolute atomic E-state index is 12.5. The number of benzene rings is 1. The average molecular weight is 333 g/mol. The van der Waals surface area contributed by atoms with Crippen molar-refractivity contribution in [3.63, 3.8) is 0 Å². The van der Waals surface area contributed by atoms with E-state index in [1.807, 2.05) is 4.90 Å². The molecule has 1 aliphatic rings. The molecular weight excluding hydrogens is 316 g/mol. The van der Waals surface area contributed by atoms with Crippen LogP contribution in [-0.2, 0) is 10.0 Å². The van der Waals surface area contributed by atoms with E-state index < -0.39 is 10.0 Å². The van der Waals surface area contributed by atoms with Gasteiger partial charge in [0, 0.05) is 31.2 Å². The zero-order valence-corrected chi connectivity index (χ0v) is 12.9. The Hall–Kier alpha value is -1.35. The summed E-state index contributed by atoms with van der Waals surface area (Å²) in [4.78, 5) is 2.12. The summed E-state index contributed by atoms with van der Waals surface area (Å²) in [6.45, 7) is 2.08. The van der Waals surface area contributed by atoms with E-state index in [4.69, 9.17) is 22.5 Å². The molecule has 116 valence electrons. The van der Waals surface area contributed by atoms with Crippen molar-refractivity contribution in [2.24, 2.45) is 10.9 Å². The van der Waals surface area contributed by atoms with Gasteiger partial charge in [-0.05, 0) is 18.2 Å². The second-order valence-electron chi connectivity index (χ2n) is 4.73. The highest BCUT2D eigenvalue weighted by molar-refractivity contribution is 7.89. The fraction of sp³-hybridized carbons (Fsp3) is 0.417. The summed E-state index contributed by atoms with van der Waals surface area (Å²) in [7, 11) is -3.53. The number of nitrogens with zero attached hydrogens (tertiary/aromatic N) is 3. The van der Waals surface area contributed by atoms with E-state index in [0.717, 1.165) is 0 Å². The van der Waals surface area contributed by atoms with Crippen molar-refractivity contribution in [1.29, 1.82) is 0 Å². The molecule has 1 saturated heterocycles. The molecule has 0 aliphatic carbocycles. The number of rotatable bonds is 4. The van der Waals surface area contributed by atoms with Crippen LogP contribution in [0.3, 0.4) is 0 Å². The summed E-state index contributed by atoms with van der Waals surface area (Å²) in [6.07, 6.45) is 0. The smallest absolute Gasteiger partial charge is 0.243 e.